The van der Waals surface area contributed by atoms with Crippen LogP contribution in [0.25, 0.3) is 0 Å². The van der Waals surface area contributed by atoms with Gasteiger partial charge in [-0.3, -0.25) is 0 Å². The van der Waals surface area contributed by atoms with Crippen LogP contribution >= 0.6 is 0 Å². The van der Waals surface area contributed by atoms with E-state index in [4.69, 9.17) is 4.74 Å². The van der Waals surface area contributed by atoms with Crippen LogP contribution in [0.2, 0.25) is 0 Å². The smallest absolute Gasteiger partial charge is 0.226 e. The number of nitrogens with one attached hydrogen (secondary N) is 1. The van der Waals surface area contributed by atoms with Crippen molar-refractivity contribution in [3.05, 3.63) is 47.7 Å². The van der Waals surface area contributed by atoms with Crippen molar-refractivity contribution in [2.75, 3.05) is 18.5 Å². The van der Waals surface area contributed by atoms with E-state index in [1.165, 1.54) is 5.56 Å². The molecule has 1 atom stereocenters. The molecule has 0 fully saturated rings. The maximum Gasteiger partial charge on any atom is 0.226 e. The number of benzene rings is 1. The summed E-state index contributed by atoms with van der Waals surface area (Å²) in [5, 5.41) is 3.30. The topological polar surface area (TPSA) is 47.0 Å². The van der Waals surface area contributed by atoms with Crippen LogP contribution in [0, 0.1) is 6.92 Å². The van der Waals surface area contributed by atoms with E-state index in [1.54, 1.807) is 0 Å². The largest absolute Gasteiger partial charge is 0.478 e. The first kappa shape index (κ1) is 15.3. The molecule has 4 heteroatoms. The first-order chi connectivity index (χ1) is 10.2. The molecule has 0 bridgehead atoms. The minimum Gasteiger partial charge on any atom is -0.478 e. The number of aryl methyl sites for hydroxylation is 1. The molecule has 1 aromatic heterocycles. The third kappa shape index (κ3) is 4.74. The Hall–Kier alpha value is -2.10. The molecule has 1 N–H and O–H groups in total. The van der Waals surface area contributed by atoms with E-state index < -0.39 is 0 Å². The molecule has 0 amide bonds. The van der Waals surface area contributed by atoms with Gasteiger partial charge in [0.05, 0.1) is 6.61 Å². The summed E-state index contributed by atoms with van der Waals surface area (Å²) in [5.74, 6) is 1.67. The van der Waals surface area contributed by atoms with Crippen LogP contribution in [0.4, 0.5) is 5.95 Å². The molecule has 1 aromatic carbocycles. The quantitative estimate of drug-likeness (QED) is 0.840. The maximum absolute atomic E-state index is 5.58. The maximum atomic E-state index is 5.58. The second-order valence-corrected chi connectivity index (χ2v) is 5.21. The molecule has 2 rings (SSSR count). The lowest BCUT2D eigenvalue weighted by Gasteiger charge is -2.14. The predicted molar refractivity (Wildman–Crippen MR) is 85.9 cm³/mol. The van der Waals surface area contributed by atoms with Crippen LogP contribution in [-0.2, 0) is 0 Å². The first-order valence-corrected chi connectivity index (χ1v) is 7.46. The van der Waals surface area contributed by atoms with Crippen LogP contribution in [-0.4, -0.2) is 23.1 Å². The Morgan fingerprint density at radius 2 is 1.95 bits per heavy atom. The summed E-state index contributed by atoms with van der Waals surface area (Å²) in [6, 6.07) is 12.3. The zero-order valence-corrected chi connectivity index (χ0v) is 13.0. The van der Waals surface area contributed by atoms with Crippen molar-refractivity contribution in [2.45, 2.75) is 33.1 Å². The van der Waals surface area contributed by atoms with Crippen LogP contribution in [0.1, 0.15) is 37.4 Å². The minimum atomic E-state index is 0.398. The number of anilines is 1. The molecular formula is C17H23N3O. The highest BCUT2D eigenvalue weighted by Gasteiger charge is 2.07. The summed E-state index contributed by atoms with van der Waals surface area (Å²) < 4.78 is 5.58. The molecule has 0 saturated carbocycles. The van der Waals surface area contributed by atoms with Crippen molar-refractivity contribution < 1.29 is 4.74 Å². The molecule has 0 aliphatic carbocycles. The molecule has 0 radical (unpaired) electrons. The lowest BCUT2D eigenvalue weighted by Crippen LogP contribution is -2.13. The Labute approximate surface area is 126 Å². The summed E-state index contributed by atoms with van der Waals surface area (Å²) in [6.45, 7) is 7.69. The summed E-state index contributed by atoms with van der Waals surface area (Å²) in [7, 11) is 0. The van der Waals surface area contributed by atoms with Crippen molar-refractivity contribution in [1.29, 1.82) is 0 Å². The first-order valence-electron chi connectivity index (χ1n) is 7.46. The van der Waals surface area contributed by atoms with E-state index in [2.05, 4.69) is 53.4 Å². The molecule has 2 aromatic rings. The lowest BCUT2D eigenvalue weighted by atomic mass is 10.0. The Morgan fingerprint density at radius 1 is 1.19 bits per heavy atom. The molecule has 112 valence electrons. The normalized spacial score (nSPS) is 12.0. The zero-order valence-electron chi connectivity index (χ0n) is 13.0. The summed E-state index contributed by atoms with van der Waals surface area (Å²) in [5.41, 5.74) is 2.21. The number of nitrogens with zero attached hydrogens (tertiary/aromatic N) is 2. The van der Waals surface area contributed by atoms with Gasteiger partial charge in [0.1, 0.15) is 0 Å². The molecule has 1 unspecified atom stereocenters. The van der Waals surface area contributed by atoms with Gasteiger partial charge in [-0.1, -0.05) is 44.2 Å². The third-order valence-corrected chi connectivity index (χ3v) is 3.22. The summed E-state index contributed by atoms with van der Waals surface area (Å²) >= 11 is 0. The molecule has 0 saturated heterocycles. The van der Waals surface area contributed by atoms with Crippen molar-refractivity contribution in [2.24, 2.45) is 0 Å². The van der Waals surface area contributed by atoms with Gasteiger partial charge in [0.15, 0.2) is 0 Å². The van der Waals surface area contributed by atoms with Crippen LogP contribution in [0.15, 0.2) is 36.4 Å². The van der Waals surface area contributed by atoms with Gasteiger partial charge in [0.2, 0.25) is 11.8 Å². The minimum absolute atomic E-state index is 0.398. The molecule has 0 spiro atoms. The number of ether oxygens (including phenoxy) is 1. The van der Waals surface area contributed by atoms with Gasteiger partial charge in [-0.25, -0.2) is 4.98 Å². The van der Waals surface area contributed by atoms with E-state index in [9.17, 15) is 0 Å². The van der Waals surface area contributed by atoms with Crippen molar-refractivity contribution in [1.82, 2.24) is 9.97 Å². The highest BCUT2D eigenvalue weighted by atomic mass is 16.5. The third-order valence-electron chi connectivity index (χ3n) is 3.22. The Morgan fingerprint density at radius 3 is 2.67 bits per heavy atom. The van der Waals surface area contributed by atoms with Gasteiger partial charge in [-0.05, 0) is 24.8 Å². The van der Waals surface area contributed by atoms with Gasteiger partial charge in [0.25, 0.3) is 0 Å². The number of hydrogen-bond acceptors (Lipinski definition) is 4. The Kier molecular flexibility index (Phi) is 5.55. The number of hydrogen-bond donors (Lipinski definition) is 1. The van der Waals surface area contributed by atoms with Crippen LogP contribution in [0.3, 0.4) is 0 Å². The van der Waals surface area contributed by atoms with Crippen LogP contribution in [0.5, 0.6) is 5.88 Å². The average Bonchev–Trinajstić information content (AvgIpc) is 2.51. The van der Waals surface area contributed by atoms with E-state index in [1.807, 2.05) is 19.1 Å². The van der Waals surface area contributed by atoms with E-state index in [-0.39, 0.29) is 0 Å². The highest BCUT2D eigenvalue weighted by Crippen LogP contribution is 2.16. The Bertz CT molecular complexity index is 557. The van der Waals surface area contributed by atoms with Gasteiger partial charge in [0, 0.05) is 18.3 Å². The fraction of sp³-hybridized carbons (Fsp3) is 0.412. The second-order valence-electron chi connectivity index (χ2n) is 5.21. The molecule has 4 nitrogen and oxygen atoms in total. The van der Waals surface area contributed by atoms with E-state index >= 15 is 0 Å². The molecule has 21 heavy (non-hydrogen) atoms. The fourth-order valence-electron chi connectivity index (χ4n) is 2.04. The average molecular weight is 285 g/mol. The molecule has 0 aliphatic rings. The van der Waals surface area contributed by atoms with Crippen molar-refractivity contribution in [3.8, 4) is 5.88 Å². The molecule has 0 aliphatic heterocycles. The van der Waals surface area contributed by atoms with Gasteiger partial charge >= 0.3 is 0 Å². The van der Waals surface area contributed by atoms with E-state index in [0.29, 0.717) is 24.4 Å². The second kappa shape index (κ2) is 7.62. The predicted octanol–water partition coefficient (Wildman–Crippen LogP) is 3.79. The highest BCUT2D eigenvalue weighted by molar-refractivity contribution is 5.32. The van der Waals surface area contributed by atoms with Gasteiger partial charge in [-0.15, -0.1) is 0 Å². The fourth-order valence-corrected chi connectivity index (χ4v) is 2.04. The zero-order chi connectivity index (χ0) is 15.1. The molecular weight excluding hydrogens is 262 g/mol. The molecule has 1 heterocycles. The van der Waals surface area contributed by atoms with Crippen LogP contribution < -0.4 is 10.1 Å². The number of rotatable bonds is 7. The van der Waals surface area contributed by atoms with Gasteiger partial charge in [-0.2, -0.15) is 4.98 Å². The summed E-state index contributed by atoms with van der Waals surface area (Å²) in [6.07, 6.45) is 0.969. The lowest BCUT2D eigenvalue weighted by molar-refractivity contribution is 0.305. The van der Waals surface area contributed by atoms with Crippen molar-refractivity contribution >= 4 is 5.95 Å². The number of aromatic nitrogens is 2. The van der Waals surface area contributed by atoms with Crippen molar-refractivity contribution in [3.63, 3.8) is 0 Å². The van der Waals surface area contributed by atoms with Gasteiger partial charge < -0.3 is 10.1 Å². The standard InChI is InChI=1S/C17H23N3O/c1-4-10-21-16-11-14(3)19-17(20-16)18-12-13(2)15-8-6-5-7-9-15/h5-9,11,13H,4,10,12H2,1-3H3,(H,18,19,20). The SMILES string of the molecule is CCCOc1cc(C)nc(NCC(C)c2ccccc2)n1. The Balaban J connectivity index is 1.97. The van der Waals surface area contributed by atoms with E-state index in [0.717, 1.165) is 18.7 Å². The summed E-state index contributed by atoms with van der Waals surface area (Å²) in [4.78, 5) is 8.80. The monoisotopic (exact) mass is 285 g/mol.